The third-order valence-electron chi connectivity index (χ3n) is 5.46. The molecule has 10 heteroatoms. The average molecular weight is 481 g/mol. The van der Waals surface area contributed by atoms with Crippen molar-refractivity contribution >= 4 is 29.6 Å². The molecule has 1 fully saturated rings. The Hall–Kier alpha value is -2.91. The summed E-state index contributed by atoms with van der Waals surface area (Å²) >= 11 is 0. The fourth-order valence-electron chi connectivity index (χ4n) is 3.79. The predicted molar refractivity (Wildman–Crippen MR) is 128 cm³/mol. The topological polar surface area (TPSA) is 134 Å². The standard InChI is InChI=1S/C24H40N4O6/c1-6-8-9-10-11-18(27-24(33)34-16(3)4)23(32)28-15-17(5)13-19(28)21(30)26-14-20(29)22(31)25-12-7-2/h7,16-19H,2,6,8-15H2,1,3-5H3,(H,25,31)(H,26,30)(H,27,33)/t17-,18+,19?/m1/s1. The highest BCUT2D eigenvalue weighted by Gasteiger charge is 2.40. The van der Waals surface area contributed by atoms with E-state index in [1.54, 1.807) is 13.8 Å². The van der Waals surface area contributed by atoms with Gasteiger partial charge in [-0.05, 0) is 32.6 Å². The van der Waals surface area contributed by atoms with E-state index < -0.39 is 42.3 Å². The van der Waals surface area contributed by atoms with Gasteiger partial charge in [-0.15, -0.1) is 6.58 Å². The van der Waals surface area contributed by atoms with Crippen LogP contribution in [0, 0.1) is 5.92 Å². The van der Waals surface area contributed by atoms with Gasteiger partial charge in [0.25, 0.3) is 5.91 Å². The number of hydrogen-bond donors (Lipinski definition) is 3. The van der Waals surface area contributed by atoms with Crippen molar-refractivity contribution in [2.24, 2.45) is 5.92 Å². The lowest BCUT2D eigenvalue weighted by Crippen LogP contribution is -2.54. The summed E-state index contributed by atoms with van der Waals surface area (Å²) in [5.74, 6) is -2.39. The summed E-state index contributed by atoms with van der Waals surface area (Å²) in [6.45, 7) is 11.0. The van der Waals surface area contributed by atoms with E-state index in [0.717, 1.165) is 25.7 Å². The quantitative estimate of drug-likeness (QED) is 0.197. The van der Waals surface area contributed by atoms with E-state index in [4.69, 9.17) is 4.74 Å². The summed E-state index contributed by atoms with van der Waals surface area (Å²) < 4.78 is 5.15. The van der Waals surface area contributed by atoms with E-state index in [0.29, 0.717) is 19.4 Å². The van der Waals surface area contributed by atoms with E-state index in [1.807, 2.05) is 6.92 Å². The smallest absolute Gasteiger partial charge is 0.408 e. The lowest BCUT2D eigenvalue weighted by molar-refractivity contribution is -0.141. The molecule has 34 heavy (non-hydrogen) atoms. The highest BCUT2D eigenvalue weighted by Crippen LogP contribution is 2.25. The third kappa shape index (κ3) is 9.93. The van der Waals surface area contributed by atoms with Crippen molar-refractivity contribution in [1.29, 1.82) is 0 Å². The van der Waals surface area contributed by atoms with Crippen molar-refractivity contribution in [1.82, 2.24) is 20.9 Å². The van der Waals surface area contributed by atoms with Crippen molar-refractivity contribution in [3.63, 3.8) is 0 Å². The summed E-state index contributed by atoms with van der Waals surface area (Å²) in [6, 6.07) is -1.59. The van der Waals surface area contributed by atoms with Crippen LogP contribution in [0.15, 0.2) is 12.7 Å². The van der Waals surface area contributed by atoms with Gasteiger partial charge in [0.05, 0.1) is 12.6 Å². The van der Waals surface area contributed by atoms with Gasteiger partial charge in [-0.1, -0.05) is 45.6 Å². The largest absolute Gasteiger partial charge is 0.447 e. The molecule has 0 bridgehead atoms. The first kappa shape index (κ1) is 29.1. The molecule has 0 aromatic heterocycles. The second-order valence-electron chi connectivity index (χ2n) is 8.99. The lowest BCUT2D eigenvalue weighted by Gasteiger charge is -2.29. The monoisotopic (exact) mass is 480 g/mol. The Balaban J connectivity index is 2.85. The number of rotatable bonds is 14. The summed E-state index contributed by atoms with van der Waals surface area (Å²) in [6.07, 6.45) is 5.04. The van der Waals surface area contributed by atoms with Gasteiger partial charge in [-0.2, -0.15) is 0 Å². The number of hydrogen-bond acceptors (Lipinski definition) is 6. The van der Waals surface area contributed by atoms with Crippen LogP contribution in [0.1, 0.15) is 66.2 Å². The first-order valence-corrected chi connectivity index (χ1v) is 12.1. The number of carbonyl (C=O) groups excluding carboxylic acids is 5. The van der Waals surface area contributed by atoms with E-state index in [9.17, 15) is 24.0 Å². The number of nitrogens with zero attached hydrogens (tertiary/aromatic N) is 1. The van der Waals surface area contributed by atoms with Gasteiger partial charge in [-0.25, -0.2) is 4.79 Å². The maximum atomic E-state index is 13.4. The molecule has 1 unspecified atom stereocenters. The van der Waals surface area contributed by atoms with Crippen molar-refractivity contribution in [2.45, 2.75) is 84.4 Å². The van der Waals surface area contributed by atoms with E-state index in [2.05, 4.69) is 29.5 Å². The number of Topliss-reactive ketones (excluding diaryl/α,β-unsaturated/α-hetero) is 1. The molecule has 0 aliphatic carbocycles. The van der Waals surface area contributed by atoms with Crippen molar-refractivity contribution in [2.75, 3.05) is 19.6 Å². The fraction of sp³-hybridized carbons (Fsp3) is 0.708. The Kier molecular flexibility index (Phi) is 12.9. The molecule has 0 spiro atoms. The molecule has 1 aliphatic rings. The van der Waals surface area contributed by atoms with Crippen LogP contribution < -0.4 is 16.0 Å². The van der Waals surface area contributed by atoms with Crippen LogP contribution in [-0.4, -0.2) is 72.3 Å². The predicted octanol–water partition coefficient (Wildman–Crippen LogP) is 1.68. The normalized spacial score (nSPS) is 18.2. The van der Waals surface area contributed by atoms with Gasteiger partial charge in [0.15, 0.2) is 0 Å². The van der Waals surface area contributed by atoms with Gasteiger partial charge in [0.1, 0.15) is 12.1 Å². The number of ketones is 1. The maximum Gasteiger partial charge on any atom is 0.408 e. The van der Waals surface area contributed by atoms with E-state index >= 15 is 0 Å². The van der Waals surface area contributed by atoms with Crippen LogP contribution in [-0.2, 0) is 23.9 Å². The van der Waals surface area contributed by atoms with Gasteiger partial charge in [-0.3, -0.25) is 19.2 Å². The molecule has 0 saturated carbocycles. The van der Waals surface area contributed by atoms with Crippen molar-refractivity contribution in [3.05, 3.63) is 12.7 Å². The maximum absolute atomic E-state index is 13.4. The van der Waals surface area contributed by atoms with E-state index in [-0.39, 0.29) is 24.5 Å². The summed E-state index contributed by atoms with van der Waals surface area (Å²) in [7, 11) is 0. The minimum absolute atomic E-state index is 0.0645. The minimum Gasteiger partial charge on any atom is -0.447 e. The Morgan fingerprint density at radius 1 is 1.12 bits per heavy atom. The number of unbranched alkanes of at least 4 members (excludes halogenated alkanes) is 3. The molecular formula is C24H40N4O6. The molecule has 1 saturated heterocycles. The number of alkyl carbamates (subject to hydrolysis) is 1. The van der Waals surface area contributed by atoms with Crippen LogP contribution in [0.2, 0.25) is 0 Å². The van der Waals surface area contributed by atoms with Crippen LogP contribution in [0.3, 0.4) is 0 Å². The SMILES string of the molecule is C=CCNC(=O)C(=O)CNC(=O)C1C[C@@H](C)CN1C(=O)[C@H](CCCCCC)NC(=O)OC(C)C. The zero-order valence-corrected chi connectivity index (χ0v) is 20.9. The molecule has 10 nitrogen and oxygen atoms in total. The number of carbonyl (C=O) groups is 5. The molecule has 0 aromatic carbocycles. The van der Waals surface area contributed by atoms with Gasteiger partial charge in [0, 0.05) is 13.1 Å². The summed E-state index contributed by atoms with van der Waals surface area (Å²) in [5, 5.41) is 7.49. The van der Waals surface area contributed by atoms with Crippen molar-refractivity contribution in [3.8, 4) is 0 Å². The Labute approximate surface area is 202 Å². The second kappa shape index (κ2) is 15.1. The van der Waals surface area contributed by atoms with Crippen LogP contribution >= 0.6 is 0 Å². The third-order valence-corrected chi connectivity index (χ3v) is 5.46. The van der Waals surface area contributed by atoms with Crippen molar-refractivity contribution < 1.29 is 28.7 Å². The van der Waals surface area contributed by atoms with Crippen LogP contribution in [0.4, 0.5) is 4.79 Å². The molecule has 4 amide bonds. The Bertz CT molecular complexity index is 739. The Morgan fingerprint density at radius 2 is 1.82 bits per heavy atom. The molecule has 192 valence electrons. The number of ether oxygens (including phenoxy) is 1. The zero-order chi connectivity index (χ0) is 25.7. The molecule has 0 aromatic rings. The molecular weight excluding hydrogens is 440 g/mol. The molecule has 1 aliphatic heterocycles. The molecule has 1 rings (SSSR count). The highest BCUT2D eigenvalue weighted by molar-refractivity contribution is 6.37. The average Bonchev–Trinajstić information content (AvgIpc) is 3.18. The first-order valence-electron chi connectivity index (χ1n) is 12.1. The zero-order valence-electron chi connectivity index (χ0n) is 20.9. The number of nitrogens with one attached hydrogen (secondary N) is 3. The highest BCUT2D eigenvalue weighted by atomic mass is 16.6. The Morgan fingerprint density at radius 3 is 2.44 bits per heavy atom. The number of likely N-dealkylation sites (tertiary alicyclic amines) is 1. The van der Waals surface area contributed by atoms with Gasteiger partial charge >= 0.3 is 6.09 Å². The summed E-state index contributed by atoms with van der Waals surface area (Å²) in [5.41, 5.74) is 0. The fourth-order valence-corrected chi connectivity index (χ4v) is 3.79. The first-order chi connectivity index (χ1) is 16.1. The van der Waals surface area contributed by atoms with Gasteiger partial charge in [0.2, 0.25) is 17.6 Å². The van der Waals surface area contributed by atoms with E-state index in [1.165, 1.54) is 11.0 Å². The summed E-state index contributed by atoms with van der Waals surface area (Å²) in [4.78, 5) is 63.5. The number of amides is 4. The lowest BCUT2D eigenvalue weighted by atomic mass is 10.1. The molecule has 3 N–H and O–H groups in total. The van der Waals surface area contributed by atoms with Gasteiger partial charge < -0.3 is 25.6 Å². The molecule has 1 heterocycles. The minimum atomic E-state index is -0.812. The second-order valence-corrected chi connectivity index (χ2v) is 8.99. The van der Waals surface area contributed by atoms with Crippen LogP contribution in [0.5, 0.6) is 0 Å². The molecule has 3 atom stereocenters. The molecule has 0 radical (unpaired) electrons. The van der Waals surface area contributed by atoms with Crippen LogP contribution in [0.25, 0.3) is 0 Å².